The van der Waals surface area contributed by atoms with Gasteiger partial charge in [0.1, 0.15) is 5.82 Å². The number of hydrogen-bond donors (Lipinski definition) is 0. The second-order valence-electron chi connectivity index (χ2n) is 7.13. The predicted molar refractivity (Wildman–Crippen MR) is 108 cm³/mol. The average molecular weight is 341 g/mol. The molecular formula is C23H23N3. The second-order valence-corrected chi connectivity index (χ2v) is 7.13. The molecule has 0 N–H and O–H groups in total. The molecule has 0 saturated carbocycles. The van der Waals surface area contributed by atoms with Crippen LogP contribution in [0.1, 0.15) is 36.7 Å². The van der Waals surface area contributed by atoms with Gasteiger partial charge in [-0.3, -0.25) is 4.57 Å². The standard InChI is InChI=1S/C23H23N3/c1-15(2)19-13-12-16(3)21(14-19)23-25-24-17(4)26(23)22-11-7-9-18-8-5-6-10-20(18)22/h5-15H,1-4H3. The van der Waals surface area contributed by atoms with Gasteiger partial charge in [-0.2, -0.15) is 0 Å². The van der Waals surface area contributed by atoms with Gasteiger partial charge in [0.05, 0.1) is 5.69 Å². The van der Waals surface area contributed by atoms with E-state index < -0.39 is 0 Å². The maximum atomic E-state index is 4.54. The Kier molecular flexibility index (Phi) is 4.08. The zero-order valence-electron chi connectivity index (χ0n) is 15.7. The van der Waals surface area contributed by atoms with E-state index in [1.54, 1.807) is 0 Å². The summed E-state index contributed by atoms with van der Waals surface area (Å²) < 4.78 is 2.18. The van der Waals surface area contributed by atoms with Crippen molar-refractivity contribution in [2.24, 2.45) is 0 Å². The summed E-state index contributed by atoms with van der Waals surface area (Å²) >= 11 is 0. The van der Waals surface area contributed by atoms with Gasteiger partial charge in [-0.15, -0.1) is 10.2 Å². The zero-order valence-corrected chi connectivity index (χ0v) is 15.7. The normalized spacial score (nSPS) is 11.4. The van der Waals surface area contributed by atoms with Crippen molar-refractivity contribution in [1.29, 1.82) is 0 Å². The van der Waals surface area contributed by atoms with Gasteiger partial charge < -0.3 is 0 Å². The van der Waals surface area contributed by atoms with Gasteiger partial charge in [0.15, 0.2) is 5.82 Å². The lowest BCUT2D eigenvalue weighted by atomic mass is 9.97. The van der Waals surface area contributed by atoms with E-state index in [4.69, 9.17) is 0 Å². The molecule has 0 radical (unpaired) electrons. The monoisotopic (exact) mass is 341 g/mol. The van der Waals surface area contributed by atoms with Crippen molar-refractivity contribution >= 4 is 10.8 Å². The van der Waals surface area contributed by atoms with Gasteiger partial charge in [-0.05, 0) is 48.4 Å². The molecule has 3 nitrogen and oxygen atoms in total. The number of aromatic nitrogens is 3. The third-order valence-corrected chi connectivity index (χ3v) is 5.00. The highest BCUT2D eigenvalue weighted by molar-refractivity contribution is 5.91. The minimum Gasteiger partial charge on any atom is -0.279 e. The smallest absolute Gasteiger partial charge is 0.168 e. The summed E-state index contributed by atoms with van der Waals surface area (Å²) in [6.07, 6.45) is 0. The van der Waals surface area contributed by atoms with Crippen LogP contribution in [0.25, 0.3) is 27.8 Å². The number of nitrogens with zero attached hydrogens (tertiary/aromatic N) is 3. The molecule has 3 aromatic carbocycles. The first-order chi connectivity index (χ1) is 12.6. The number of benzene rings is 3. The van der Waals surface area contributed by atoms with E-state index in [1.807, 2.05) is 6.92 Å². The van der Waals surface area contributed by atoms with Crippen LogP contribution in [0.5, 0.6) is 0 Å². The first kappa shape index (κ1) is 16.5. The van der Waals surface area contributed by atoms with E-state index >= 15 is 0 Å². The molecule has 0 fully saturated rings. The molecule has 0 spiro atoms. The number of hydrogen-bond acceptors (Lipinski definition) is 2. The van der Waals surface area contributed by atoms with Crippen molar-refractivity contribution < 1.29 is 0 Å². The molecule has 0 saturated heterocycles. The lowest BCUT2D eigenvalue weighted by Gasteiger charge is -2.15. The van der Waals surface area contributed by atoms with E-state index in [0.29, 0.717) is 5.92 Å². The highest BCUT2D eigenvalue weighted by Gasteiger charge is 2.17. The summed E-state index contributed by atoms with van der Waals surface area (Å²) in [5.74, 6) is 2.27. The fourth-order valence-electron chi connectivity index (χ4n) is 3.47. The fourth-order valence-corrected chi connectivity index (χ4v) is 3.47. The quantitative estimate of drug-likeness (QED) is 0.469. The molecule has 3 heteroatoms. The van der Waals surface area contributed by atoms with Crippen LogP contribution in [-0.4, -0.2) is 14.8 Å². The first-order valence-electron chi connectivity index (χ1n) is 9.07. The molecule has 0 aliphatic rings. The summed E-state index contributed by atoms with van der Waals surface area (Å²) in [7, 11) is 0. The molecule has 0 unspecified atom stereocenters. The van der Waals surface area contributed by atoms with Gasteiger partial charge >= 0.3 is 0 Å². The van der Waals surface area contributed by atoms with E-state index in [1.165, 1.54) is 21.9 Å². The van der Waals surface area contributed by atoms with E-state index in [2.05, 4.69) is 96.2 Å². The van der Waals surface area contributed by atoms with Crippen LogP contribution < -0.4 is 0 Å². The highest BCUT2D eigenvalue weighted by atomic mass is 15.3. The van der Waals surface area contributed by atoms with Crippen molar-refractivity contribution in [3.8, 4) is 17.1 Å². The molecule has 1 aromatic heterocycles. The molecule has 0 aliphatic carbocycles. The van der Waals surface area contributed by atoms with Crippen LogP contribution in [0.2, 0.25) is 0 Å². The van der Waals surface area contributed by atoms with E-state index in [0.717, 1.165) is 22.9 Å². The maximum absolute atomic E-state index is 4.54. The molecular weight excluding hydrogens is 318 g/mol. The van der Waals surface area contributed by atoms with Crippen molar-refractivity contribution in [1.82, 2.24) is 14.8 Å². The number of fused-ring (bicyclic) bond motifs is 1. The summed E-state index contributed by atoms with van der Waals surface area (Å²) in [5.41, 5.74) is 4.79. The van der Waals surface area contributed by atoms with Gasteiger partial charge in [-0.25, -0.2) is 0 Å². The zero-order chi connectivity index (χ0) is 18.3. The van der Waals surface area contributed by atoms with Crippen LogP contribution in [0.15, 0.2) is 60.7 Å². The molecule has 0 bridgehead atoms. The van der Waals surface area contributed by atoms with Crippen molar-refractivity contribution in [2.75, 3.05) is 0 Å². The van der Waals surface area contributed by atoms with E-state index in [9.17, 15) is 0 Å². The second kappa shape index (κ2) is 6.41. The van der Waals surface area contributed by atoms with Crippen LogP contribution in [0.3, 0.4) is 0 Å². The largest absolute Gasteiger partial charge is 0.279 e. The first-order valence-corrected chi connectivity index (χ1v) is 9.07. The molecule has 0 atom stereocenters. The SMILES string of the molecule is Cc1ccc(C(C)C)cc1-c1nnc(C)n1-c1cccc2ccccc12. The van der Waals surface area contributed by atoms with Gasteiger partial charge in [0.2, 0.25) is 0 Å². The highest BCUT2D eigenvalue weighted by Crippen LogP contribution is 2.31. The number of rotatable bonds is 3. The lowest BCUT2D eigenvalue weighted by molar-refractivity contribution is 0.865. The summed E-state index contributed by atoms with van der Waals surface area (Å²) in [5, 5.41) is 11.4. The van der Waals surface area contributed by atoms with Crippen LogP contribution in [0.4, 0.5) is 0 Å². The molecule has 0 aliphatic heterocycles. The Morgan fingerprint density at radius 1 is 0.846 bits per heavy atom. The third kappa shape index (κ3) is 2.70. The molecule has 26 heavy (non-hydrogen) atoms. The van der Waals surface area contributed by atoms with Crippen LogP contribution >= 0.6 is 0 Å². The van der Waals surface area contributed by atoms with Gasteiger partial charge in [0, 0.05) is 10.9 Å². The minimum absolute atomic E-state index is 0.476. The van der Waals surface area contributed by atoms with Gasteiger partial charge in [-0.1, -0.05) is 62.4 Å². The fraction of sp³-hybridized carbons (Fsp3) is 0.217. The van der Waals surface area contributed by atoms with E-state index in [-0.39, 0.29) is 0 Å². The predicted octanol–water partition coefficient (Wildman–Crippen LogP) is 5.83. The Morgan fingerprint density at radius 2 is 1.62 bits per heavy atom. The molecule has 130 valence electrons. The Bertz CT molecular complexity index is 1080. The molecule has 0 amide bonds. The Hall–Kier alpha value is -2.94. The molecule has 4 rings (SSSR count). The number of aryl methyl sites for hydroxylation is 2. The minimum atomic E-state index is 0.476. The summed E-state index contributed by atoms with van der Waals surface area (Å²) in [6, 6.07) is 21.5. The molecule has 4 aromatic rings. The van der Waals surface area contributed by atoms with Crippen molar-refractivity contribution in [3.63, 3.8) is 0 Å². The summed E-state index contributed by atoms with van der Waals surface area (Å²) in [4.78, 5) is 0. The van der Waals surface area contributed by atoms with Crippen LogP contribution in [0, 0.1) is 13.8 Å². The van der Waals surface area contributed by atoms with Crippen molar-refractivity contribution in [2.45, 2.75) is 33.6 Å². The Balaban J connectivity index is 1.99. The maximum Gasteiger partial charge on any atom is 0.168 e. The lowest BCUT2D eigenvalue weighted by Crippen LogP contribution is -2.02. The Morgan fingerprint density at radius 3 is 2.42 bits per heavy atom. The van der Waals surface area contributed by atoms with Gasteiger partial charge in [0.25, 0.3) is 0 Å². The van der Waals surface area contributed by atoms with Crippen molar-refractivity contribution in [3.05, 3.63) is 77.6 Å². The van der Waals surface area contributed by atoms with Crippen LogP contribution in [-0.2, 0) is 0 Å². The average Bonchev–Trinajstić information content (AvgIpc) is 3.02. The third-order valence-electron chi connectivity index (χ3n) is 5.00. The molecule has 1 heterocycles. The Labute approximate surface area is 154 Å². The summed E-state index contributed by atoms with van der Waals surface area (Å²) in [6.45, 7) is 8.58. The topological polar surface area (TPSA) is 30.7 Å².